The van der Waals surface area contributed by atoms with Crippen LogP contribution in [-0.4, -0.2) is 40.3 Å². The van der Waals surface area contributed by atoms with Crippen LogP contribution in [0.15, 0.2) is 42.0 Å². The third kappa shape index (κ3) is 4.32. The van der Waals surface area contributed by atoms with Crippen LogP contribution in [0.3, 0.4) is 0 Å². The number of aromatic nitrogens is 3. The van der Waals surface area contributed by atoms with E-state index in [-0.39, 0.29) is 18.4 Å². The van der Waals surface area contributed by atoms with Crippen molar-refractivity contribution in [2.24, 2.45) is 7.05 Å². The maximum atomic E-state index is 12.4. The minimum atomic E-state index is -0.322. The number of ether oxygens (including phenoxy) is 1. The largest absolute Gasteiger partial charge is 0.375 e. The molecule has 134 valence electrons. The Morgan fingerprint density at radius 1 is 1.27 bits per heavy atom. The molecule has 26 heavy (non-hydrogen) atoms. The van der Waals surface area contributed by atoms with Gasteiger partial charge in [0.05, 0.1) is 6.20 Å². The summed E-state index contributed by atoms with van der Waals surface area (Å²) in [6, 6.07) is 6.87. The minimum Gasteiger partial charge on any atom is -0.375 e. The van der Waals surface area contributed by atoms with Gasteiger partial charge in [-0.05, 0) is 18.2 Å². The monoisotopic (exact) mass is 371 g/mol. The Morgan fingerprint density at radius 3 is 2.73 bits per heavy atom. The molecule has 0 radical (unpaired) electrons. The van der Waals surface area contributed by atoms with Crippen LogP contribution in [0.25, 0.3) is 10.6 Å². The van der Waals surface area contributed by atoms with Crippen molar-refractivity contribution in [3.8, 4) is 10.6 Å². The Kier molecular flexibility index (Phi) is 5.40. The van der Waals surface area contributed by atoms with E-state index in [0.29, 0.717) is 17.1 Å². The van der Waals surface area contributed by atoms with Gasteiger partial charge in [-0.2, -0.15) is 5.10 Å². The number of carbonyl (C=O) groups is 2. The zero-order valence-corrected chi connectivity index (χ0v) is 15.0. The van der Waals surface area contributed by atoms with Crippen LogP contribution >= 0.6 is 11.3 Å². The molecule has 8 nitrogen and oxygen atoms in total. The fraction of sp³-hybridized carbons (Fsp3) is 0.176. The van der Waals surface area contributed by atoms with Gasteiger partial charge in [-0.15, -0.1) is 11.3 Å². The third-order valence-corrected chi connectivity index (χ3v) is 4.26. The summed E-state index contributed by atoms with van der Waals surface area (Å²) in [6.07, 6.45) is 3.54. The summed E-state index contributed by atoms with van der Waals surface area (Å²) in [7, 11) is 3.27. The number of benzene rings is 1. The number of hydrogen-bond donors (Lipinski definition) is 2. The fourth-order valence-electron chi connectivity index (χ4n) is 2.24. The molecule has 2 aromatic heterocycles. The molecule has 0 aliphatic carbocycles. The fourth-order valence-corrected chi connectivity index (χ4v) is 3.02. The van der Waals surface area contributed by atoms with Crippen LogP contribution in [0.2, 0.25) is 0 Å². The van der Waals surface area contributed by atoms with Crippen molar-refractivity contribution >= 4 is 34.5 Å². The van der Waals surface area contributed by atoms with Crippen molar-refractivity contribution < 1.29 is 14.3 Å². The number of thiazole rings is 1. The van der Waals surface area contributed by atoms with E-state index in [2.05, 4.69) is 20.7 Å². The van der Waals surface area contributed by atoms with Gasteiger partial charge in [0.25, 0.3) is 5.91 Å². The first kappa shape index (κ1) is 17.8. The zero-order chi connectivity index (χ0) is 18.5. The molecule has 9 heteroatoms. The van der Waals surface area contributed by atoms with Gasteiger partial charge < -0.3 is 15.4 Å². The summed E-state index contributed by atoms with van der Waals surface area (Å²) in [5.74, 6) is -0.589. The molecule has 0 atom stereocenters. The van der Waals surface area contributed by atoms with Crippen molar-refractivity contribution in [2.75, 3.05) is 24.4 Å². The lowest BCUT2D eigenvalue weighted by Gasteiger charge is -2.07. The van der Waals surface area contributed by atoms with Gasteiger partial charge in [-0.25, -0.2) is 4.98 Å². The second-order valence-electron chi connectivity index (χ2n) is 5.46. The van der Waals surface area contributed by atoms with Crippen LogP contribution < -0.4 is 10.6 Å². The van der Waals surface area contributed by atoms with Gasteiger partial charge in [0, 0.05) is 42.7 Å². The molecule has 0 aliphatic heterocycles. The summed E-state index contributed by atoms with van der Waals surface area (Å²) in [4.78, 5) is 28.3. The highest BCUT2D eigenvalue weighted by Gasteiger charge is 2.13. The van der Waals surface area contributed by atoms with Crippen molar-refractivity contribution in [3.63, 3.8) is 0 Å². The third-order valence-electron chi connectivity index (χ3n) is 3.37. The Morgan fingerprint density at radius 2 is 2.04 bits per heavy atom. The van der Waals surface area contributed by atoms with Crippen molar-refractivity contribution in [1.82, 2.24) is 14.8 Å². The molecule has 0 unspecified atom stereocenters. The molecular weight excluding hydrogens is 354 g/mol. The maximum Gasteiger partial charge on any atom is 0.275 e. The Hall–Kier alpha value is -3.04. The molecule has 2 N–H and O–H groups in total. The van der Waals surface area contributed by atoms with Crippen LogP contribution in [0.4, 0.5) is 11.4 Å². The predicted octanol–water partition coefficient (Wildman–Crippen LogP) is 2.38. The van der Waals surface area contributed by atoms with E-state index in [1.54, 1.807) is 40.5 Å². The standard InChI is InChI=1S/C17H17N5O3S/c1-22-8-11(7-18-22)17-21-14(10-26-17)16(24)20-13-5-3-4-12(6-13)19-15(23)9-25-2/h3-8,10H,9H2,1-2H3,(H,19,23)(H,20,24). The summed E-state index contributed by atoms with van der Waals surface area (Å²) in [5, 5.41) is 12.0. The van der Waals surface area contributed by atoms with Crippen LogP contribution in [-0.2, 0) is 16.6 Å². The van der Waals surface area contributed by atoms with Gasteiger partial charge in [0.1, 0.15) is 17.3 Å². The van der Waals surface area contributed by atoms with Crippen LogP contribution in [0, 0.1) is 0 Å². The molecule has 3 rings (SSSR count). The van der Waals surface area contributed by atoms with E-state index in [0.717, 1.165) is 10.6 Å². The normalized spacial score (nSPS) is 10.5. The van der Waals surface area contributed by atoms with Crippen molar-refractivity contribution in [1.29, 1.82) is 0 Å². The quantitative estimate of drug-likeness (QED) is 0.693. The highest BCUT2D eigenvalue weighted by Crippen LogP contribution is 2.23. The summed E-state index contributed by atoms with van der Waals surface area (Å²) < 4.78 is 6.45. The number of anilines is 2. The molecule has 0 fully saturated rings. The van der Waals surface area contributed by atoms with Crippen molar-refractivity contribution in [3.05, 3.63) is 47.7 Å². The number of aryl methyl sites for hydroxylation is 1. The molecule has 0 aliphatic rings. The first-order chi connectivity index (χ1) is 12.5. The molecule has 0 saturated heterocycles. The summed E-state index contributed by atoms with van der Waals surface area (Å²) >= 11 is 1.38. The lowest BCUT2D eigenvalue weighted by molar-refractivity contribution is -0.119. The van der Waals surface area contributed by atoms with Gasteiger partial charge in [-0.1, -0.05) is 6.07 Å². The number of amides is 2. The lowest BCUT2D eigenvalue weighted by atomic mass is 10.2. The molecular formula is C17H17N5O3S. The zero-order valence-electron chi connectivity index (χ0n) is 14.2. The highest BCUT2D eigenvalue weighted by molar-refractivity contribution is 7.13. The van der Waals surface area contributed by atoms with Gasteiger partial charge in [-0.3, -0.25) is 14.3 Å². The van der Waals surface area contributed by atoms with E-state index in [4.69, 9.17) is 4.74 Å². The summed E-state index contributed by atoms with van der Waals surface area (Å²) in [6.45, 7) is -0.0352. The average molecular weight is 371 g/mol. The molecule has 1 aromatic carbocycles. The van der Waals surface area contributed by atoms with E-state index in [9.17, 15) is 9.59 Å². The minimum absolute atomic E-state index is 0.0352. The van der Waals surface area contributed by atoms with Gasteiger partial charge in [0.2, 0.25) is 5.91 Å². The first-order valence-electron chi connectivity index (χ1n) is 7.70. The lowest BCUT2D eigenvalue weighted by Crippen LogP contribution is -2.17. The smallest absolute Gasteiger partial charge is 0.275 e. The van der Waals surface area contributed by atoms with E-state index >= 15 is 0 Å². The number of nitrogens with one attached hydrogen (secondary N) is 2. The number of rotatable bonds is 6. The number of methoxy groups -OCH3 is 1. The SMILES string of the molecule is COCC(=O)Nc1cccc(NC(=O)c2csc(-c3cnn(C)c3)n2)c1. The van der Waals surface area contributed by atoms with Gasteiger partial charge >= 0.3 is 0 Å². The topological polar surface area (TPSA) is 98.1 Å². The van der Waals surface area contributed by atoms with Gasteiger partial charge in [0.15, 0.2) is 0 Å². The Bertz CT molecular complexity index is 934. The average Bonchev–Trinajstić information content (AvgIpc) is 3.24. The molecule has 0 saturated carbocycles. The van der Waals surface area contributed by atoms with E-state index in [1.807, 2.05) is 13.2 Å². The molecule has 2 heterocycles. The number of carbonyl (C=O) groups excluding carboxylic acids is 2. The van der Waals surface area contributed by atoms with Crippen LogP contribution in [0.5, 0.6) is 0 Å². The second kappa shape index (κ2) is 7.89. The second-order valence-corrected chi connectivity index (χ2v) is 6.31. The molecule has 3 aromatic rings. The Labute approximate surface area is 153 Å². The van der Waals surface area contributed by atoms with E-state index in [1.165, 1.54) is 18.4 Å². The maximum absolute atomic E-state index is 12.4. The first-order valence-corrected chi connectivity index (χ1v) is 8.58. The number of hydrogen-bond acceptors (Lipinski definition) is 6. The molecule has 0 bridgehead atoms. The van der Waals surface area contributed by atoms with E-state index < -0.39 is 0 Å². The number of nitrogens with zero attached hydrogens (tertiary/aromatic N) is 3. The van der Waals surface area contributed by atoms with Crippen molar-refractivity contribution in [2.45, 2.75) is 0 Å². The summed E-state index contributed by atoms with van der Waals surface area (Å²) in [5.41, 5.74) is 2.31. The highest BCUT2D eigenvalue weighted by atomic mass is 32.1. The molecule has 2 amide bonds. The molecule has 0 spiro atoms. The predicted molar refractivity (Wildman–Crippen MR) is 99.2 cm³/mol. The Balaban J connectivity index is 1.68. The van der Waals surface area contributed by atoms with Crippen LogP contribution in [0.1, 0.15) is 10.5 Å².